The first-order valence-electron chi connectivity index (χ1n) is 7.83. The molecular weight excluding hydrogens is 276 g/mol. The molecule has 0 aromatic heterocycles. The summed E-state index contributed by atoms with van der Waals surface area (Å²) in [5.74, 6) is 0. The molecule has 8 atom stereocenters. The molecule has 11 rings (SSSR count). The summed E-state index contributed by atoms with van der Waals surface area (Å²) < 4.78 is 1.14. The molecule has 10 fully saturated rings. The number of benzene rings is 1. The fourth-order valence-corrected chi connectivity index (χ4v) is 93.9. The predicted molar refractivity (Wildman–Crippen MR) is 66.9 cm³/mol. The van der Waals surface area contributed by atoms with E-state index < -0.39 is 6.51 Å². The maximum absolute atomic E-state index is 12.2. The number of carbonyl (C=O) groups is 1. The first-order valence-corrected chi connectivity index (χ1v) is 14.0. The Morgan fingerprint density at radius 2 is 1.47 bits per heavy atom. The van der Waals surface area contributed by atoms with Crippen LogP contribution in [0.4, 0.5) is 0 Å². The van der Waals surface area contributed by atoms with E-state index in [0.29, 0.717) is 4.31 Å². The maximum atomic E-state index is 12.2. The molecule has 19 heavy (non-hydrogen) atoms. The van der Waals surface area contributed by atoms with E-state index in [2.05, 4.69) is 30.3 Å². The minimum atomic E-state index is -3.40. The van der Waals surface area contributed by atoms with Crippen molar-refractivity contribution in [3.05, 3.63) is 35.9 Å². The molecule has 1 nitrogen and oxygen atoms in total. The second-order valence-electron chi connectivity index (χ2n) is 11.3. The van der Waals surface area contributed by atoms with Gasteiger partial charge in [0.1, 0.15) is 0 Å². The molecule has 8 unspecified atom stereocenters. The topological polar surface area (TPSA) is 17.1 Å². The van der Waals surface area contributed by atoms with Gasteiger partial charge < -0.3 is 0 Å². The van der Waals surface area contributed by atoms with Crippen molar-refractivity contribution in [2.75, 3.05) is 0 Å². The molecule has 1 spiro atoms. The molecule has 10 aliphatic rings. The third kappa shape index (κ3) is 0.0703. The second kappa shape index (κ2) is 0.586. The van der Waals surface area contributed by atoms with E-state index in [1.807, 2.05) is 0 Å². The Kier molecular flexibility index (Phi) is 0.213. The Bertz CT molecular complexity index is 1220. The number of rotatable bonds is 2. The van der Waals surface area contributed by atoms with Crippen LogP contribution >= 0.6 is 0 Å². The molecule has 0 aliphatic carbocycles. The third-order valence-electron chi connectivity index (χ3n) is 16.3. The number of fused-ring (bicyclic) bond motifs is 10. The Morgan fingerprint density at radius 3 is 1.89 bits per heavy atom. The summed E-state index contributed by atoms with van der Waals surface area (Å²) in [6, 6.07) is 11.6. The van der Waals surface area contributed by atoms with Gasteiger partial charge in [0, 0.05) is 0 Å². The zero-order chi connectivity index (χ0) is 11.8. The van der Waals surface area contributed by atoms with Crippen LogP contribution in [0.5, 0.6) is 0 Å². The molecule has 10 aliphatic heterocycles. The van der Waals surface area contributed by atoms with E-state index in [0.717, 1.165) is 23.6 Å². The third-order valence-corrected chi connectivity index (χ3v) is 59.2. The standard InChI is InChI=1S/C11H9.C6H5O.Fe/c1-2-6-10(7-3-1)11-8-4-5-9-11;7-5-6-3-1-2-4-6;/h1-9H;1-5H;. The second-order valence-corrected chi connectivity index (χ2v) is 34.6. The van der Waals surface area contributed by atoms with E-state index in [1.165, 1.54) is 19.3 Å². The number of aldehydes is 1. The molecule has 0 radical (unpaired) electrons. The Labute approximate surface area is 101 Å². The summed E-state index contributed by atoms with van der Waals surface area (Å²) >= 11 is 0. The van der Waals surface area contributed by atoms with Crippen LogP contribution in [0.15, 0.2) is 30.3 Å². The van der Waals surface area contributed by atoms with Crippen LogP contribution in [0, 0.1) is 0 Å². The van der Waals surface area contributed by atoms with Gasteiger partial charge in [-0.3, -0.25) is 0 Å². The Balaban J connectivity index is 1.60. The van der Waals surface area contributed by atoms with Gasteiger partial charge in [-0.25, -0.2) is 0 Å². The van der Waals surface area contributed by atoms with Crippen molar-refractivity contribution in [3.8, 4) is 0 Å². The van der Waals surface area contributed by atoms with Crippen LogP contribution < -0.4 is 0 Å². The van der Waals surface area contributed by atoms with Gasteiger partial charge in [-0.15, -0.1) is 0 Å². The summed E-state index contributed by atoms with van der Waals surface area (Å²) in [7, 11) is 0. The van der Waals surface area contributed by atoms with Gasteiger partial charge in [0.15, 0.2) is 0 Å². The minimum absolute atomic E-state index is 0.421. The Morgan fingerprint density at radius 1 is 0.895 bits per heavy atom. The number of hydrogen-bond acceptors (Lipinski definition) is 1. The van der Waals surface area contributed by atoms with Crippen molar-refractivity contribution >= 4 is 6.29 Å². The van der Waals surface area contributed by atoms with E-state index in [9.17, 15) is 4.79 Å². The molecule has 10 saturated heterocycles. The average molecular weight is 290 g/mol. The quantitative estimate of drug-likeness (QED) is 0.593. The van der Waals surface area contributed by atoms with Gasteiger partial charge in [-0.05, 0) is 0 Å². The van der Waals surface area contributed by atoms with Crippen molar-refractivity contribution in [3.63, 3.8) is 0 Å². The van der Waals surface area contributed by atoms with Crippen molar-refractivity contribution in [1.82, 2.24) is 0 Å². The molecular formula is C17H14FeO. The van der Waals surface area contributed by atoms with Gasteiger partial charge in [0.2, 0.25) is 0 Å². The molecule has 0 N–H and O–H groups in total. The Hall–Kier alpha value is -0.591. The summed E-state index contributed by atoms with van der Waals surface area (Å²) in [5, 5.41) is 0. The van der Waals surface area contributed by atoms with Crippen molar-refractivity contribution in [2.45, 2.75) is 47.2 Å². The van der Waals surface area contributed by atoms with Crippen LogP contribution in [0.25, 0.3) is 0 Å². The van der Waals surface area contributed by atoms with Crippen LogP contribution in [-0.4, -0.2) is 6.29 Å². The average Bonchev–Trinajstić information content (AvgIpc) is 3.40. The zero-order valence-electron chi connectivity index (χ0n) is 10.3. The van der Waals surface area contributed by atoms with Crippen LogP contribution in [0.1, 0.15) is 5.56 Å². The number of hydrogen-bond donors (Lipinski definition) is 0. The van der Waals surface area contributed by atoms with Crippen LogP contribution in [0.3, 0.4) is 0 Å². The summed E-state index contributed by atoms with van der Waals surface area (Å²) in [6.07, 6.45) is 1.58. The van der Waals surface area contributed by atoms with Gasteiger partial charge in [-0.1, -0.05) is 0 Å². The van der Waals surface area contributed by atoms with E-state index in [4.69, 9.17) is 0 Å². The first kappa shape index (κ1) is 6.91. The molecule has 96 valence electrons. The molecule has 2 heteroatoms. The monoisotopic (exact) mass is 290 g/mol. The van der Waals surface area contributed by atoms with Crippen molar-refractivity contribution < 1.29 is 11.3 Å². The molecule has 0 bridgehead atoms. The van der Waals surface area contributed by atoms with E-state index in [-0.39, 0.29) is 0 Å². The predicted octanol–water partition coefficient (Wildman–Crippen LogP) is 4.05. The molecule has 10 heterocycles. The van der Waals surface area contributed by atoms with Gasteiger partial charge >= 0.3 is 101 Å². The van der Waals surface area contributed by atoms with Crippen molar-refractivity contribution in [1.29, 1.82) is 0 Å². The summed E-state index contributed by atoms with van der Waals surface area (Å²) in [4.78, 5) is 21.5. The SMILES string of the molecule is O=C[C]12[CH]3[CH]4[CH]5[CH]1[Fe]45321678[CH]2[CH]1[CH]6[C]7(c1ccccc1)[CH]28. The fraction of sp³-hybridized carbons (Fsp3) is 0.588. The summed E-state index contributed by atoms with van der Waals surface area (Å²) in [5.41, 5.74) is 1.72. The van der Waals surface area contributed by atoms with Gasteiger partial charge in [0.25, 0.3) is 0 Å². The summed E-state index contributed by atoms with van der Waals surface area (Å²) in [6.45, 7) is -3.40. The van der Waals surface area contributed by atoms with Crippen molar-refractivity contribution in [2.24, 2.45) is 0 Å². The normalized spacial score (nSPS) is 111. The molecule has 1 aromatic rings. The van der Waals surface area contributed by atoms with Gasteiger partial charge in [0.05, 0.1) is 0 Å². The zero-order valence-corrected chi connectivity index (χ0v) is 11.4. The molecule has 1 aromatic carbocycles. The fourth-order valence-electron chi connectivity index (χ4n) is 18.5. The van der Waals surface area contributed by atoms with Crippen LogP contribution in [0.2, 0.25) is 42.8 Å². The molecule has 0 amide bonds. The molecule has 0 saturated carbocycles. The van der Waals surface area contributed by atoms with Gasteiger partial charge in [-0.2, -0.15) is 0 Å². The van der Waals surface area contributed by atoms with E-state index in [1.54, 1.807) is 11.8 Å². The number of carbonyl (C=O) groups excluding carboxylic acids is 1. The van der Waals surface area contributed by atoms with E-state index >= 15 is 0 Å². The van der Waals surface area contributed by atoms with Crippen LogP contribution in [-0.2, 0) is 15.6 Å². The first-order chi connectivity index (χ1) is 9.10.